The van der Waals surface area contributed by atoms with Crippen LogP contribution in [-0.4, -0.2) is 64.8 Å². The van der Waals surface area contributed by atoms with Gasteiger partial charge in [-0.3, -0.25) is 9.59 Å². The fourth-order valence-electron chi connectivity index (χ4n) is 2.55. The van der Waals surface area contributed by atoms with Crippen molar-refractivity contribution in [3.63, 3.8) is 0 Å². The molecule has 0 aliphatic heterocycles. The van der Waals surface area contributed by atoms with E-state index in [4.69, 9.17) is 23.7 Å². The maximum absolute atomic E-state index is 11.6. The van der Waals surface area contributed by atoms with Crippen molar-refractivity contribution in [1.82, 2.24) is 0 Å². The molecular weight excluding hydrogens is 376 g/mol. The smallest absolute Gasteiger partial charge is 0.305 e. The lowest BCUT2D eigenvalue weighted by Gasteiger charge is -2.08. The molecule has 0 radical (unpaired) electrons. The number of esters is 2. The standard InChI is InChI=1S/C22H42O7/c1-3-5-6-7-8-9-10-12-22(24)29-20-18-27-16-14-25-13-15-26-17-19-28-21(23)11-4-2/h3-20H2,1-2H3. The number of hydrogen-bond acceptors (Lipinski definition) is 7. The fourth-order valence-corrected chi connectivity index (χ4v) is 2.55. The van der Waals surface area contributed by atoms with Crippen molar-refractivity contribution in [2.75, 3.05) is 52.9 Å². The average molecular weight is 419 g/mol. The third-order valence-electron chi connectivity index (χ3n) is 4.16. The summed E-state index contributed by atoms with van der Waals surface area (Å²) in [4.78, 5) is 22.7. The molecule has 0 saturated heterocycles. The van der Waals surface area contributed by atoms with Gasteiger partial charge in [0.2, 0.25) is 0 Å². The van der Waals surface area contributed by atoms with Crippen molar-refractivity contribution < 1.29 is 33.3 Å². The lowest BCUT2D eigenvalue weighted by molar-refractivity contribution is -0.146. The molecule has 29 heavy (non-hydrogen) atoms. The second-order valence-electron chi connectivity index (χ2n) is 6.90. The molecule has 0 aromatic heterocycles. The van der Waals surface area contributed by atoms with Crippen LogP contribution in [0.1, 0.15) is 78.1 Å². The largest absolute Gasteiger partial charge is 0.463 e. The van der Waals surface area contributed by atoms with Crippen LogP contribution in [0, 0.1) is 0 Å². The first-order valence-corrected chi connectivity index (χ1v) is 11.2. The first-order valence-electron chi connectivity index (χ1n) is 11.2. The van der Waals surface area contributed by atoms with E-state index < -0.39 is 0 Å². The third-order valence-corrected chi connectivity index (χ3v) is 4.16. The minimum atomic E-state index is -0.187. The normalized spacial score (nSPS) is 10.8. The highest BCUT2D eigenvalue weighted by Crippen LogP contribution is 2.08. The molecule has 0 aliphatic rings. The molecule has 0 spiro atoms. The molecule has 172 valence electrons. The number of rotatable bonds is 22. The lowest BCUT2D eigenvalue weighted by Crippen LogP contribution is -2.15. The van der Waals surface area contributed by atoms with Crippen molar-refractivity contribution in [3.8, 4) is 0 Å². The highest BCUT2D eigenvalue weighted by Gasteiger charge is 2.03. The zero-order chi connectivity index (χ0) is 21.4. The Balaban J connectivity index is 3.17. The molecule has 0 amide bonds. The molecule has 7 nitrogen and oxygen atoms in total. The van der Waals surface area contributed by atoms with Gasteiger partial charge < -0.3 is 23.7 Å². The predicted octanol–water partition coefficient (Wildman–Crippen LogP) is 4.06. The Morgan fingerprint density at radius 2 is 0.897 bits per heavy atom. The maximum atomic E-state index is 11.6. The number of unbranched alkanes of at least 4 members (excludes halogenated alkanes) is 6. The van der Waals surface area contributed by atoms with Gasteiger partial charge in [-0.15, -0.1) is 0 Å². The van der Waals surface area contributed by atoms with E-state index in [2.05, 4.69) is 6.92 Å². The first-order chi connectivity index (χ1) is 14.2. The Bertz CT molecular complexity index is 374. The first kappa shape index (κ1) is 27.8. The Morgan fingerprint density at radius 1 is 0.483 bits per heavy atom. The second kappa shape index (κ2) is 23.1. The molecule has 0 aromatic rings. The van der Waals surface area contributed by atoms with E-state index in [1.807, 2.05) is 6.92 Å². The molecule has 0 N–H and O–H groups in total. The van der Waals surface area contributed by atoms with Gasteiger partial charge in [0.1, 0.15) is 13.2 Å². The Hall–Kier alpha value is -1.18. The molecular formula is C22H42O7. The zero-order valence-electron chi connectivity index (χ0n) is 18.6. The van der Waals surface area contributed by atoms with E-state index in [0.717, 1.165) is 19.3 Å². The van der Waals surface area contributed by atoms with Crippen LogP contribution < -0.4 is 0 Å². The van der Waals surface area contributed by atoms with Crippen molar-refractivity contribution in [2.45, 2.75) is 78.1 Å². The van der Waals surface area contributed by atoms with Crippen molar-refractivity contribution in [1.29, 1.82) is 0 Å². The van der Waals surface area contributed by atoms with E-state index in [0.29, 0.717) is 52.5 Å². The van der Waals surface area contributed by atoms with Gasteiger partial charge in [0, 0.05) is 12.8 Å². The van der Waals surface area contributed by atoms with Crippen LogP contribution in [0.5, 0.6) is 0 Å². The van der Waals surface area contributed by atoms with Crippen LogP contribution in [0.4, 0.5) is 0 Å². The SMILES string of the molecule is CCCCCCCCCC(=O)OCCOCCOCCOCCOC(=O)CCC. The second-order valence-corrected chi connectivity index (χ2v) is 6.90. The summed E-state index contributed by atoms with van der Waals surface area (Å²) in [5.74, 6) is -0.330. The van der Waals surface area contributed by atoms with Gasteiger partial charge in [-0.2, -0.15) is 0 Å². The fraction of sp³-hybridized carbons (Fsp3) is 0.909. The van der Waals surface area contributed by atoms with Crippen LogP contribution in [0.15, 0.2) is 0 Å². The number of carbonyl (C=O) groups is 2. The quantitative estimate of drug-likeness (QED) is 0.194. The number of ether oxygens (including phenoxy) is 5. The van der Waals surface area contributed by atoms with Crippen LogP contribution >= 0.6 is 0 Å². The van der Waals surface area contributed by atoms with Gasteiger partial charge in [0.15, 0.2) is 0 Å². The summed E-state index contributed by atoms with van der Waals surface area (Å²) in [7, 11) is 0. The van der Waals surface area contributed by atoms with Crippen LogP contribution in [0.3, 0.4) is 0 Å². The summed E-state index contributed by atoms with van der Waals surface area (Å²) >= 11 is 0. The van der Waals surface area contributed by atoms with Crippen molar-refractivity contribution >= 4 is 11.9 Å². The van der Waals surface area contributed by atoms with E-state index in [-0.39, 0.29) is 25.2 Å². The van der Waals surface area contributed by atoms with Gasteiger partial charge in [-0.25, -0.2) is 0 Å². The Kier molecular flexibility index (Phi) is 22.2. The molecule has 0 unspecified atom stereocenters. The molecule has 0 saturated carbocycles. The molecule has 0 aliphatic carbocycles. The summed E-state index contributed by atoms with van der Waals surface area (Å²) in [6.07, 6.45) is 10.1. The molecule has 7 heteroatoms. The van der Waals surface area contributed by atoms with E-state index in [1.54, 1.807) is 0 Å². The molecule has 0 heterocycles. The topological polar surface area (TPSA) is 80.3 Å². The molecule has 0 atom stereocenters. The van der Waals surface area contributed by atoms with Gasteiger partial charge >= 0.3 is 11.9 Å². The third kappa shape index (κ3) is 23.0. The molecule has 0 fully saturated rings. The summed E-state index contributed by atoms with van der Waals surface area (Å²) in [5.41, 5.74) is 0. The molecule has 0 rings (SSSR count). The van der Waals surface area contributed by atoms with Crippen LogP contribution in [0.2, 0.25) is 0 Å². The minimum absolute atomic E-state index is 0.143. The summed E-state index contributed by atoms with van der Waals surface area (Å²) in [5, 5.41) is 0. The Morgan fingerprint density at radius 3 is 1.38 bits per heavy atom. The number of carbonyl (C=O) groups excluding carboxylic acids is 2. The highest BCUT2D eigenvalue weighted by atomic mass is 16.6. The maximum Gasteiger partial charge on any atom is 0.305 e. The van der Waals surface area contributed by atoms with Gasteiger partial charge in [-0.05, 0) is 12.8 Å². The number of hydrogen-bond donors (Lipinski definition) is 0. The van der Waals surface area contributed by atoms with Crippen molar-refractivity contribution in [2.24, 2.45) is 0 Å². The van der Waals surface area contributed by atoms with E-state index in [1.165, 1.54) is 32.1 Å². The van der Waals surface area contributed by atoms with E-state index >= 15 is 0 Å². The van der Waals surface area contributed by atoms with Gasteiger partial charge in [0.05, 0.1) is 39.6 Å². The van der Waals surface area contributed by atoms with Crippen molar-refractivity contribution in [3.05, 3.63) is 0 Å². The minimum Gasteiger partial charge on any atom is -0.463 e. The van der Waals surface area contributed by atoms with Gasteiger partial charge in [-0.1, -0.05) is 52.4 Å². The summed E-state index contributed by atoms with van der Waals surface area (Å²) < 4.78 is 26.1. The summed E-state index contributed by atoms with van der Waals surface area (Å²) in [6, 6.07) is 0. The lowest BCUT2D eigenvalue weighted by atomic mass is 10.1. The molecule has 0 aromatic carbocycles. The monoisotopic (exact) mass is 418 g/mol. The van der Waals surface area contributed by atoms with Gasteiger partial charge in [0.25, 0.3) is 0 Å². The molecule has 0 bridgehead atoms. The Labute approximate surface area is 176 Å². The van der Waals surface area contributed by atoms with Crippen LogP contribution in [-0.2, 0) is 33.3 Å². The predicted molar refractivity (Wildman–Crippen MR) is 112 cm³/mol. The van der Waals surface area contributed by atoms with E-state index in [9.17, 15) is 9.59 Å². The highest BCUT2D eigenvalue weighted by molar-refractivity contribution is 5.69. The van der Waals surface area contributed by atoms with Crippen LogP contribution in [0.25, 0.3) is 0 Å². The summed E-state index contributed by atoms with van der Waals surface area (Å²) in [6.45, 7) is 7.27. The average Bonchev–Trinajstić information content (AvgIpc) is 2.71. The zero-order valence-corrected chi connectivity index (χ0v) is 18.6.